The van der Waals surface area contributed by atoms with Crippen molar-refractivity contribution in [3.05, 3.63) is 0 Å². The molecule has 2 fully saturated rings. The molecule has 2 rings (SSSR count). The fraction of sp³-hybridized carbons (Fsp3) is 0.889. The first kappa shape index (κ1) is 19.0. The summed E-state index contributed by atoms with van der Waals surface area (Å²) < 4.78 is 0. The normalized spacial score (nSPS) is 21.2. The molecule has 0 bridgehead atoms. The number of nitrogens with one attached hydrogen (secondary N) is 2. The van der Waals surface area contributed by atoms with E-state index in [4.69, 9.17) is 0 Å². The molecule has 0 aromatic carbocycles. The van der Waals surface area contributed by atoms with Gasteiger partial charge in [-0.25, -0.2) is 0 Å². The molecular weight excluding hydrogens is 276 g/mol. The molecular formula is C18H38N2O2. The summed E-state index contributed by atoms with van der Waals surface area (Å²) in [7, 11) is 0. The van der Waals surface area contributed by atoms with Crippen LogP contribution in [0.25, 0.3) is 0 Å². The number of β-lactam (4-membered cyclic amide) rings is 1. The second kappa shape index (κ2) is 11.5. The highest BCUT2D eigenvalue weighted by Crippen LogP contribution is 2.28. The Bertz CT molecular complexity index is 335. The molecule has 0 unspecified atom stereocenters. The van der Waals surface area contributed by atoms with Crippen molar-refractivity contribution in [3.63, 3.8) is 0 Å². The van der Waals surface area contributed by atoms with Gasteiger partial charge in [-0.2, -0.15) is 0 Å². The summed E-state index contributed by atoms with van der Waals surface area (Å²) in [5.41, 5.74) is 0. The summed E-state index contributed by atoms with van der Waals surface area (Å²) in [5.74, 6) is 0.951. The van der Waals surface area contributed by atoms with Crippen LogP contribution in [0.4, 0.5) is 0 Å². The Hall–Kier alpha value is -1.06. The van der Waals surface area contributed by atoms with Crippen molar-refractivity contribution in [3.8, 4) is 0 Å². The first-order valence-corrected chi connectivity index (χ1v) is 9.33. The molecule has 132 valence electrons. The number of rotatable bonds is 8. The third-order valence-electron chi connectivity index (χ3n) is 4.62. The van der Waals surface area contributed by atoms with Crippen molar-refractivity contribution in [1.82, 2.24) is 10.6 Å². The zero-order chi connectivity index (χ0) is 16.2. The van der Waals surface area contributed by atoms with Gasteiger partial charge in [0.25, 0.3) is 0 Å². The Labute approximate surface area is 138 Å². The standard InChI is InChI=1S/C16H28N2O2.C2H6.2H2/c19-15(18-14-12-17-16(14)20)11-7-2-1-4-8-13-9-5-3-6-10-13;1-2;;/h13-14H,1-12H2,(H,17,20)(H,18,19);1-2H3;2*1H/t14-;;;/m0.../s1. The highest BCUT2D eigenvalue weighted by molar-refractivity contribution is 5.92. The van der Waals surface area contributed by atoms with Crippen LogP contribution in [0.15, 0.2) is 0 Å². The van der Waals surface area contributed by atoms with Crippen LogP contribution in [-0.2, 0) is 9.59 Å². The lowest BCUT2D eigenvalue weighted by Crippen LogP contribution is -2.61. The number of amides is 2. The average molecular weight is 315 g/mol. The lowest BCUT2D eigenvalue weighted by Gasteiger charge is -2.26. The van der Waals surface area contributed by atoms with E-state index in [-0.39, 0.29) is 20.7 Å². The van der Waals surface area contributed by atoms with E-state index >= 15 is 0 Å². The Morgan fingerprint density at radius 2 is 1.82 bits per heavy atom. The minimum absolute atomic E-state index is 0. The molecule has 4 nitrogen and oxygen atoms in total. The van der Waals surface area contributed by atoms with E-state index in [0.29, 0.717) is 13.0 Å². The zero-order valence-corrected chi connectivity index (χ0v) is 14.5. The highest BCUT2D eigenvalue weighted by Gasteiger charge is 2.28. The molecule has 1 saturated carbocycles. The Balaban J connectivity index is 0. The van der Waals surface area contributed by atoms with Gasteiger partial charge in [0.05, 0.1) is 0 Å². The van der Waals surface area contributed by atoms with Crippen molar-refractivity contribution in [2.24, 2.45) is 5.92 Å². The van der Waals surface area contributed by atoms with Crippen LogP contribution >= 0.6 is 0 Å². The summed E-state index contributed by atoms with van der Waals surface area (Å²) in [6, 6.07) is -0.270. The van der Waals surface area contributed by atoms with Gasteiger partial charge in [-0.1, -0.05) is 71.6 Å². The van der Waals surface area contributed by atoms with E-state index in [0.717, 1.165) is 18.8 Å². The van der Waals surface area contributed by atoms with Crippen LogP contribution in [0.5, 0.6) is 0 Å². The van der Waals surface area contributed by atoms with Gasteiger partial charge in [0.2, 0.25) is 11.8 Å². The van der Waals surface area contributed by atoms with Crippen molar-refractivity contribution < 1.29 is 12.4 Å². The molecule has 1 atom stereocenters. The second-order valence-corrected chi connectivity index (χ2v) is 6.32. The van der Waals surface area contributed by atoms with Gasteiger partial charge in [0.1, 0.15) is 6.04 Å². The number of hydrogen-bond donors (Lipinski definition) is 2. The second-order valence-electron chi connectivity index (χ2n) is 6.32. The molecule has 2 amide bonds. The first-order chi connectivity index (χ1) is 10.8. The summed E-state index contributed by atoms with van der Waals surface area (Å²) in [6.07, 6.45) is 13.8. The van der Waals surface area contributed by atoms with Crippen LogP contribution in [0, 0.1) is 5.92 Å². The van der Waals surface area contributed by atoms with Crippen LogP contribution in [-0.4, -0.2) is 24.4 Å². The zero-order valence-electron chi connectivity index (χ0n) is 14.5. The molecule has 1 aliphatic heterocycles. The summed E-state index contributed by atoms with van der Waals surface area (Å²) >= 11 is 0. The smallest absolute Gasteiger partial charge is 0.244 e. The molecule has 4 heteroatoms. The number of unbranched alkanes of at least 4 members (excludes halogenated alkanes) is 3. The average Bonchev–Trinajstić information content (AvgIpc) is 2.57. The van der Waals surface area contributed by atoms with Gasteiger partial charge in [0.15, 0.2) is 0 Å². The summed E-state index contributed by atoms with van der Waals surface area (Å²) in [5, 5.41) is 5.38. The molecule has 1 heterocycles. The molecule has 0 aromatic rings. The minimum Gasteiger partial charge on any atom is -0.352 e. The van der Waals surface area contributed by atoms with Crippen LogP contribution < -0.4 is 10.6 Å². The Kier molecular flexibility index (Phi) is 9.93. The first-order valence-electron chi connectivity index (χ1n) is 9.33. The van der Waals surface area contributed by atoms with Crippen LogP contribution in [0.3, 0.4) is 0 Å². The van der Waals surface area contributed by atoms with Gasteiger partial charge >= 0.3 is 0 Å². The van der Waals surface area contributed by atoms with E-state index in [9.17, 15) is 9.59 Å². The number of carbonyl (C=O) groups is 2. The monoisotopic (exact) mass is 314 g/mol. The molecule has 2 N–H and O–H groups in total. The maximum Gasteiger partial charge on any atom is 0.244 e. The number of hydrogen-bond acceptors (Lipinski definition) is 2. The highest BCUT2D eigenvalue weighted by atomic mass is 16.2. The quantitative estimate of drug-likeness (QED) is 0.525. The van der Waals surface area contributed by atoms with Gasteiger partial charge in [0, 0.05) is 15.8 Å². The predicted molar refractivity (Wildman–Crippen MR) is 94.8 cm³/mol. The molecule has 2 aliphatic rings. The Morgan fingerprint density at radius 1 is 1.14 bits per heavy atom. The van der Waals surface area contributed by atoms with E-state index in [1.807, 2.05) is 13.8 Å². The Morgan fingerprint density at radius 3 is 2.41 bits per heavy atom. The van der Waals surface area contributed by atoms with E-state index in [1.165, 1.54) is 51.4 Å². The topological polar surface area (TPSA) is 58.2 Å². The van der Waals surface area contributed by atoms with E-state index < -0.39 is 0 Å². The lowest BCUT2D eigenvalue weighted by molar-refractivity contribution is -0.133. The fourth-order valence-corrected chi connectivity index (χ4v) is 3.22. The fourth-order valence-electron chi connectivity index (χ4n) is 3.22. The van der Waals surface area contributed by atoms with Crippen molar-refractivity contribution in [2.45, 2.75) is 90.5 Å². The van der Waals surface area contributed by atoms with Gasteiger partial charge in [-0.05, 0) is 12.3 Å². The third kappa shape index (κ3) is 7.28. The molecule has 1 saturated heterocycles. The predicted octanol–water partition coefficient (Wildman–Crippen LogP) is 4.04. The van der Waals surface area contributed by atoms with E-state index in [2.05, 4.69) is 10.6 Å². The van der Waals surface area contributed by atoms with Crippen LogP contribution in [0.2, 0.25) is 0 Å². The molecule has 1 aliphatic carbocycles. The van der Waals surface area contributed by atoms with Gasteiger partial charge < -0.3 is 10.6 Å². The third-order valence-corrected chi connectivity index (χ3v) is 4.62. The summed E-state index contributed by atoms with van der Waals surface area (Å²) in [4.78, 5) is 22.6. The SMILES string of the molecule is CC.O=C(CCCCCCC1CCCCC1)N[C@H]1CNC1=O.[HH].[HH]. The molecule has 22 heavy (non-hydrogen) atoms. The summed E-state index contributed by atoms with van der Waals surface area (Å²) in [6.45, 7) is 4.59. The molecule has 0 radical (unpaired) electrons. The maximum absolute atomic E-state index is 11.6. The van der Waals surface area contributed by atoms with Crippen molar-refractivity contribution in [2.75, 3.05) is 6.54 Å². The largest absolute Gasteiger partial charge is 0.352 e. The van der Waals surface area contributed by atoms with Gasteiger partial charge in [-0.3, -0.25) is 9.59 Å². The lowest BCUT2D eigenvalue weighted by atomic mass is 9.85. The van der Waals surface area contributed by atoms with Crippen LogP contribution in [0.1, 0.15) is 87.3 Å². The number of carbonyl (C=O) groups excluding carboxylic acids is 2. The van der Waals surface area contributed by atoms with E-state index in [1.54, 1.807) is 0 Å². The van der Waals surface area contributed by atoms with Crippen molar-refractivity contribution in [1.29, 1.82) is 0 Å². The van der Waals surface area contributed by atoms with Gasteiger partial charge in [-0.15, -0.1) is 0 Å². The minimum atomic E-state index is -0.270. The van der Waals surface area contributed by atoms with Crippen molar-refractivity contribution >= 4 is 11.8 Å². The molecule has 0 spiro atoms. The molecule has 0 aromatic heterocycles. The maximum atomic E-state index is 11.6.